The van der Waals surface area contributed by atoms with E-state index in [1.165, 1.54) is 0 Å². The zero-order valence-corrected chi connectivity index (χ0v) is 12.6. The van der Waals surface area contributed by atoms with E-state index in [4.69, 9.17) is 10.5 Å². The molecule has 1 atom stereocenters. The van der Waals surface area contributed by atoms with E-state index < -0.39 is 9.84 Å². The Balaban J connectivity index is 2.42. The molecular weight excluding hydrogens is 262 g/mol. The van der Waals surface area contributed by atoms with Crippen molar-refractivity contribution in [1.29, 1.82) is 0 Å². The molecule has 1 aromatic carbocycles. The van der Waals surface area contributed by atoms with Crippen LogP contribution < -0.4 is 10.5 Å². The van der Waals surface area contributed by atoms with Crippen LogP contribution in [0.5, 0.6) is 5.75 Å². The Kier molecular flexibility index (Phi) is 5.66. The van der Waals surface area contributed by atoms with Gasteiger partial charge in [-0.15, -0.1) is 0 Å². The number of hydrogen-bond acceptors (Lipinski definition) is 4. The minimum Gasteiger partial charge on any atom is -0.491 e. The quantitative estimate of drug-likeness (QED) is 0.617. The van der Waals surface area contributed by atoms with Crippen molar-refractivity contribution in [2.24, 2.45) is 5.92 Å². The number of benzene rings is 1. The molecule has 0 aliphatic heterocycles. The summed E-state index contributed by atoms with van der Waals surface area (Å²) in [7, 11) is -3.04. The third-order valence-electron chi connectivity index (χ3n) is 3.26. The first kappa shape index (κ1) is 15.8. The van der Waals surface area contributed by atoms with Crippen molar-refractivity contribution in [2.75, 3.05) is 18.1 Å². The van der Waals surface area contributed by atoms with Gasteiger partial charge in [0.15, 0.2) is 9.84 Å². The minimum absolute atomic E-state index is 0.135. The lowest BCUT2D eigenvalue weighted by molar-refractivity contribution is 0.319. The molecule has 0 amide bonds. The maximum Gasteiger partial charge on any atom is 0.153 e. The topological polar surface area (TPSA) is 69.4 Å². The highest BCUT2D eigenvalue weighted by Gasteiger charge is 2.23. The van der Waals surface area contributed by atoms with Crippen molar-refractivity contribution in [1.82, 2.24) is 0 Å². The summed E-state index contributed by atoms with van der Waals surface area (Å²) < 4.78 is 29.4. The lowest BCUT2D eigenvalue weighted by Crippen LogP contribution is -2.26. The van der Waals surface area contributed by atoms with Crippen LogP contribution in [0.3, 0.4) is 0 Å². The Hall–Kier alpha value is -1.23. The predicted molar refractivity (Wildman–Crippen MR) is 79.1 cm³/mol. The normalized spacial score (nSPS) is 13.5. The maximum atomic E-state index is 12.0. The van der Waals surface area contributed by atoms with Crippen LogP contribution in [-0.4, -0.2) is 26.0 Å². The van der Waals surface area contributed by atoms with Crippen LogP contribution in [-0.2, 0) is 9.84 Å². The minimum atomic E-state index is -3.04. The standard InChI is InChI=1S/C14H23NO3S/c1-11(2)12(3)19(16,17)10-6-9-18-14-8-5-4-7-13(14)15/h4-5,7-8,11-12H,6,9-10,15H2,1-3H3. The molecule has 0 aromatic heterocycles. The van der Waals surface area contributed by atoms with Crippen molar-refractivity contribution in [3.8, 4) is 5.75 Å². The highest BCUT2D eigenvalue weighted by molar-refractivity contribution is 7.92. The molecule has 4 nitrogen and oxygen atoms in total. The summed E-state index contributed by atoms with van der Waals surface area (Å²) in [5.74, 6) is 0.895. The van der Waals surface area contributed by atoms with E-state index in [1.54, 1.807) is 19.1 Å². The molecule has 0 radical (unpaired) electrons. The van der Waals surface area contributed by atoms with E-state index in [2.05, 4.69) is 0 Å². The van der Waals surface area contributed by atoms with Crippen molar-refractivity contribution in [3.05, 3.63) is 24.3 Å². The number of nitrogens with two attached hydrogens (primary N) is 1. The summed E-state index contributed by atoms with van der Waals surface area (Å²) >= 11 is 0. The van der Waals surface area contributed by atoms with Crippen LogP contribution in [0, 0.1) is 5.92 Å². The lowest BCUT2D eigenvalue weighted by Gasteiger charge is -2.16. The van der Waals surface area contributed by atoms with Gasteiger partial charge in [0.2, 0.25) is 0 Å². The molecule has 19 heavy (non-hydrogen) atoms. The number of hydrogen-bond donors (Lipinski definition) is 1. The molecule has 0 bridgehead atoms. The molecule has 108 valence electrons. The Morgan fingerprint density at radius 1 is 1.21 bits per heavy atom. The summed E-state index contributed by atoms with van der Waals surface area (Å²) in [5, 5.41) is -0.311. The number of anilines is 1. The molecule has 0 heterocycles. The highest BCUT2D eigenvalue weighted by Crippen LogP contribution is 2.20. The van der Waals surface area contributed by atoms with E-state index >= 15 is 0 Å². The molecule has 0 saturated heterocycles. The van der Waals surface area contributed by atoms with Crippen LogP contribution in [0.4, 0.5) is 5.69 Å². The Bertz CT molecular complexity index is 497. The van der Waals surface area contributed by atoms with Gasteiger partial charge in [-0.1, -0.05) is 26.0 Å². The monoisotopic (exact) mass is 285 g/mol. The lowest BCUT2D eigenvalue weighted by atomic mass is 10.2. The van der Waals surface area contributed by atoms with Gasteiger partial charge in [-0.3, -0.25) is 0 Å². The molecule has 1 aromatic rings. The fourth-order valence-corrected chi connectivity index (χ4v) is 3.38. The van der Waals surface area contributed by atoms with Gasteiger partial charge in [0, 0.05) is 0 Å². The van der Waals surface area contributed by atoms with Gasteiger partial charge >= 0.3 is 0 Å². The van der Waals surface area contributed by atoms with Crippen molar-refractivity contribution in [2.45, 2.75) is 32.4 Å². The van der Waals surface area contributed by atoms with Gasteiger partial charge < -0.3 is 10.5 Å². The SMILES string of the molecule is CC(C)C(C)S(=O)(=O)CCCOc1ccccc1N. The van der Waals surface area contributed by atoms with Gasteiger partial charge in [0.1, 0.15) is 5.75 Å². The molecule has 2 N–H and O–H groups in total. The van der Waals surface area contributed by atoms with Crippen LogP contribution in [0.15, 0.2) is 24.3 Å². The van der Waals surface area contributed by atoms with E-state index in [1.807, 2.05) is 26.0 Å². The molecule has 1 unspecified atom stereocenters. The van der Waals surface area contributed by atoms with Gasteiger partial charge in [0.05, 0.1) is 23.3 Å². The predicted octanol–water partition coefficient (Wildman–Crippen LogP) is 2.50. The van der Waals surface area contributed by atoms with Gasteiger partial charge in [-0.2, -0.15) is 0 Å². The second-order valence-electron chi connectivity index (χ2n) is 5.06. The second kappa shape index (κ2) is 6.80. The van der Waals surface area contributed by atoms with E-state index in [9.17, 15) is 8.42 Å². The summed E-state index contributed by atoms with van der Waals surface area (Å²) in [6.07, 6.45) is 0.480. The molecule has 0 spiro atoms. The average Bonchev–Trinajstić information content (AvgIpc) is 2.35. The zero-order valence-electron chi connectivity index (χ0n) is 11.8. The van der Waals surface area contributed by atoms with E-state index in [0.29, 0.717) is 24.5 Å². The largest absolute Gasteiger partial charge is 0.491 e. The van der Waals surface area contributed by atoms with Crippen molar-refractivity contribution >= 4 is 15.5 Å². The van der Waals surface area contributed by atoms with Crippen molar-refractivity contribution in [3.63, 3.8) is 0 Å². The van der Waals surface area contributed by atoms with Crippen molar-refractivity contribution < 1.29 is 13.2 Å². The zero-order chi connectivity index (χ0) is 14.5. The number of sulfone groups is 1. The third-order valence-corrected chi connectivity index (χ3v) is 5.79. The first-order valence-electron chi connectivity index (χ1n) is 6.53. The Morgan fingerprint density at radius 3 is 2.42 bits per heavy atom. The molecule has 0 aliphatic rings. The summed E-state index contributed by atoms with van der Waals surface area (Å²) in [6.45, 7) is 5.96. The van der Waals surface area contributed by atoms with Crippen LogP contribution >= 0.6 is 0 Å². The summed E-state index contributed by atoms with van der Waals surface area (Å²) in [4.78, 5) is 0. The molecule has 0 fully saturated rings. The fourth-order valence-electron chi connectivity index (χ4n) is 1.65. The number of rotatable bonds is 7. The van der Waals surface area contributed by atoms with E-state index in [0.717, 1.165) is 0 Å². The Morgan fingerprint density at radius 2 is 1.84 bits per heavy atom. The number of ether oxygens (including phenoxy) is 1. The molecule has 1 rings (SSSR count). The summed E-state index contributed by atoms with van der Waals surface area (Å²) in [5.41, 5.74) is 6.30. The van der Waals surface area contributed by atoms with E-state index in [-0.39, 0.29) is 16.9 Å². The van der Waals surface area contributed by atoms with Gasteiger partial charge in [-0.05, 0) is 31.4 Å². The highest BCUT2D eigenvalue weighted by atomic mass is 32.2. The van der Waals surface area contributed by atoms with Crippen LogP contribution in [0.2, 0.25) is 0 Å². The van der Waals surface area contributed by atoms with Crippen LogP contribution in [0.25, 0.3) is 0 Å². The smallest absolute Gasteiger partial charge is 0.153 e. The second-order valence-corrected chi connectivity index (χ2v) is 7.53. The molecule has 0 aliphatic carbocycles. The van der Waals surface area contributed by atoms with Gasteiger partial charge in [0.25, 0.3) is 0 Å². The molecular formula is C14H23NO3S. The number of nitrogen functional groups attached to an aromatic ring is 1. The fraction of sp³-hybridized carbons (Fsp3) is 0.571. The van der Waals surface area contributed by atoms with Gasteiger partial charge in [-0.25, -0.2) is 8.42 Å². The third kappa shape index (κ3) is 4.74. The summed E-state index contributed by atoms with van der Waals surface area (Å²) in [6, 6.07) is 7.20. The average molecular weight is 285 g/mol. The molecule has 0 saturated carbocycles. The maximum absolute atomic E-state index is 12.0. The first-order valence-corrected chi connectivity index (χ1v) is 8.25. The van der Waals surface area contributed by atoms with Crippen LogP contribution in [0.1, 0.15) is 27.2 Å². The number of para-hydroxylation sites is 2. The first-order chi connectivity index (χ1) is 8.84. The Labute approximate surface area is 115 Å². The molecule has 5 heteroatoms.